The van der Waals surface area contributed by atoms with E-state index in [9.17, 15) is 0 Å². The van der Waals surface area contributed by atoms with Gasteiger partial charge in [0.25, 0.3) is 0 Å². The molecule has 0 heteroatoms. The molecule has 0 fully saturated rings. The van der Waals surface area contributed by atoms with Gasteiger partial charge in [0.2, 0.25) is 0 Å². The van der Waals surface area contributed by atoms with E-state index in [-0.39, 0.29) is 0 Å². The lowest BCUT2D eigenvalue weighted by Gasteiger charge is -2.00. The number of allylic oxidation sites excluding steroid dienone is 12. The van der Waals surface area contributed by atoms with Gasteiger partial charge in [0.05, 0.1) is 0 Å². The molecule has 2 aliphatic rings. The van der Waals surface area contributed by atoms with Crippen LogP contribution in [0.5, 0.6) is 0 Å². The molecule has 0 unspecified atom stereocenters. The van der Waals surface area contributed by atoms with Crippen molar-refractivity contribution < 1.29 is 0 Å². The van der Waals surface area contributed by atoms with Crippen LogP contribution in [0.3, 0.4) is 0 Å². The molecular weight excluding hydrogens is 168 g/mol. The predicted octanol–water partition coefficient (Wildman–Crippen LogP) is 3.87. The van der Waals surface area contributed by atoms with Gasteiger partial charge in [0, 0.05) is 0 Å². The van der Waals surface area contributed by atoms with Crippen molar-refractivity contribution in [2.75, 3.05) is 0 Å². The Kier molecular flexibility index (Phi) is 2.36. The molecule has 14 heavy (non-hydrogen) atoms. The van der Waals surface area contributed by atoms with Crippen molar-refractivity contribution in [1.29, 1.82) is 0 Å². The van der Waals surface area contributed by atoms with Crippen molar-refractivity contribution in [3.63, 3.8) is 0 Å². The second-order valence-corrected chi connectivity index (χ2v) is 3.67. The largest absolute Gasteiger partial charge is 0.0622 e. The smallest absolute Gasteiger partial charge is 0.0181 e. The summed E-state index contributed by atoms with van der Waals surface area (Å²) in [5, 5.41) is 0. The standard InChI is InChI=1S/C14H14/c1-11-8-9-13-6-4-3-5-7-14(13)10-12(11)2/h3-10H,1-2H3. The van der Waals surface area contributed by atoms with E-state index in [0.29, 0.717) is 0 Å². The van der Waals surface area contributed by atoms with E-state index in [0.717, 1.165) is 0 Å². The molecule has 0 saturated heterocycles. The maximum Gasteiger partial charge on any atom is -0.0181 e. The van der Waals surface area contributed by atoms with E-state index in [1.54, 1.807) is 0 Å². The summed E-state index contributed by atoms with van der Waals surface area (Å²) < 4.78 is 0. The molecule has 2 rings (SSSR count). The van der Waals surface area contributed by atoms with Gasteiger partial charge in [0.1, 0.15) is 0 Å². The van der Waals surface area contributed by atoms with Crippen molar-refractivity contribution in [3.05, 3.63) is 70.9 Å². The van der Waals surface area contributed by atoms with Gasteiger partial charge in [-0.1, -0.05) is 48.6 Å². The summed E-state index contributed by atoms with van der Waals surface area (Å²) in [6, 6.07) is 0. The number of hydrogen-bond acceptors (Lipinski definition) is 0. The third kappa shape index (κ3) is 1.69. The first-order chi connectivity index (χ1) is 6.77. The van der Waals surface area contributed by atoms with E-state index in [1.807, 2.05) is 0 Å². The quantitative estimate of drug-likeness (QED) is 0.533. The van der Waals surface area contributed by atoms with Gasteiger partial charge in [-0.05, 0) is 36.1 Å². The van der Waals surface area contributed by atoms with Crippen LogP contribution in [0.15, 0.2) is 70.9 Å². The second kappa shape index (κ2) is 3.67. The minimum Gasteiger partial charge on any atom is -0.0622 e. The van der Waals surface area contributed by atoms with Crippen LogP contribution in [-0.4, -0.2) is 0 Å². The number of fused-ring (bicyclic) bond motifs is 1. The van der Waals surface area contributed by atoms with Crippen molar-refractivity contribution >= 4 is 0 Å². The van der Waals surface area contributed by atoms with E-state index < -0.39 is 0 Å². The fraction of sp³-hybridized carbons (Fsp3) is 0.143. The second-order valence-electron chi connectivity index (χ2n) is 3.67. The Labute approximate surface area is 85.3 Å². The summed E-state index contributed by atoms with van der Waals surface area (Å²) in [5.74, 6) is 0. The average molecular weight is 182 g/mol. The third-order valence-electron chi connectivity index (χ3n) is 2.61. The molecule has 0 amide bonds. The molecule has 0 aromatic carbocycles. The molecular formula is C14H14. The van der Waals surface area contributed by atoms with E-state index >= 15 is 0 Å². The highest BCUT2D eigenvalue weighted by molar-refractivity contribution is 5.56. The molecule has 0 aliphatic heterocycles. The van der Waals surface area contributed by atoms with Crippen LogP contribution < -0.4 is 0 Å². The highest BCUT2D eigenvalue weighted by atomic mass is 14.1. The predicted molar refractivity (Wildman–Crippen MR) is 62.0 cm³/mol. The van der Waals surface area contributed by atoms with Crippen molar-refractivity contribution in [2.45, 2.75) is 13.8 Å². The molecule has 0 aromatic rings. The van der Waals surface area contributed by atoms with Crippen LogP contribution in [0.4, 0.5) is 0 Å². The van der Waals surface area contributed by atoms with Gasteiger partial charge >= 0.3 is 0 Å². The normalized spacial score (nSPS) is 19.9. The molecule has 0 heterocycles. The Morgan fingerprint density at radius 2 is 1.57 bits per heavy atom. The van der Waals surface area contributed by atoms with Gasteiger partial charge in [-0.2, -0.15) is 0 Å². The average Bonchev–Trinajstić information content (AvgIpc) is 2.45. The summed E-state index contributed by atoms with van der Waals surface area (Å²) in [6.45, 7) is 4.30. The van der Waals surface area contributed by atoms with E-state index in [4.69, 9.17) is 0 Å². The Bertz CT molecular complexity index is 421. The topological polar surface area (TPSA) is 0 Å². The first kappa shape index (κ1) is 9.01. The summed E-state index contributed by atoms with van der Waals surface area (Å²) in [4.78, 5) is 0. The van der Waals surface area contributed by atoms with Gasteiger partial charge in [-0.25, -0.2) is 0 Å². The minimum absolute atomic E-state index is 1.28. The molecule has 0 N–H and O–H groups in total. The third-order valence-corrected chi connectivity index (χ3v) is 2.61. The SMILES string of the molecule is CC1=C(C)C=C2C=CC=CC=C2C=C1. The summed E-state index contributed by atoms with van der Waals surface area (Å²) in [6.07, 6.45) is 17.1. The van der Waals surface area contributed by atoms with Crippen LogP contribution in [0.25, 0.3) is 0 Å². The molecule has 0 aromatic heterocycles. The summed E-state index contributed by atoms with van der Waals surface area (Å²) >= 11 is 0. The Hall–Kier alpha value is -1.56. The molecule has 0 nitrogen and oxygen atoms in total. The maximum atomic E-state index is 2.24. The summed E-state index contributed by atoms with van der Waals surface area (Å²) in [7, 11) is 0. The van der Waals surface area contributed by atoms with E-state index in [1.165, 1.54) is 22.3 Å². The molecule has 0 radical (unpaired) electrons. The zero-order valence-electron chi connectivity index (χ0n) is 8.62. The van der Waals surface area contributed by atoms with Gasteiger partial charge in [0.15, 0.2) is 0 Å². The molecule has 0 atom stereocenters. The van der Waals surface area contributed by atoms with Crippen LogP contribution in [-0.2, 0) is 0 Å². The highest BCUT2D eigenvalue weighted by Gasteiger charge is 2.04. The lowest BCUT2D eigenvalue weighted by atomic mass is 10.0. The monoisotopic (exact) mass is 182 g/mol. The van der Waals surface area contributed by atoms with Crippen LogP contribution in [0.2, 0.25) is 0 Å². The Balaban J connectivity index is 2.54. The zero-order chi connectivity index (χ0) is 9.97. The van der Waals surface area contributed by atoms with Gasteiger partial charge in [-0.3, -0.25) is 0 Å². The Morgan fingerprint density at radius 1 is 0.714 bits per heavy atom. The molecule has 0 saturated carbocycles. The number of hydrogen-bond donors (Lipinski definition) is 0. The van der Waals surface area contributed by atoms with Crippen LogP contribution >= 0.6 is 0 Å². The minimum atomic E-state index is 1.28. The molecule has 0 bridgehead atoms. The summed E-state index contributed by atoms with van der Waals surface area (Å²) in [5.41, 5.74) is 5.25. The highest BCUT2D eigenvalue weighted by Crippen LogP contribution is 2.23. The van der Waals surface area contributed by atoms with Crippen molar-refractivity contribution in [2.24, 2.45) is 0 Å². The van der Waals surface area contributed by atoms with Crippen molar-refractivity contribution in [1.82, 2.24) is 0 Å². The Morgan fingerprint density at radius 3 is 2.43 bits per heavy atom. The van der Waals surface area contributed by atoms with Crippen LogP contribution in [0, 0.1) is 0 Å². The lowest BCUT2D eigenvalue weighted by molar-refractivity contribution is 1.38. The molecule has 2 aliphatic carbocycles. The van der Waals surface area contributed by atoms with Gasteiger partial charge < -0.3 is 0 Å². The van der Waals surface area contributed by atoms with Crippen LogP contribution in [0.1, 0.15) is 13.8 Å². The first-order valence-electron chi connectivity index (χ1n) is 4.90. The fourth-order valence-corrected chi connectivity index (χ4v) is 1.55. The fourth-order valence-electron chi connectivity index (χ4n) is 1.55. The lowest BCUT2D eigenvalue weighted by Crippen LogP contribution is -1.81. The van der Waals surface area contributed by atoms with Crippen molar-refractivity contribution in [3.8, 4) is 0 Å². The number of rotatable bonds is 0. The molecule has 0 spiro atoms. The zero-order valence-corrected chi connectivity index (χ0v) is 8.62. The maximum absolute atomic E-state index is 2.24. The van der Waals surface area contributed by atoms with Gasteiger partial charge in [-0.15, -0.1) is 0 Å². The first-order valence-corrected chi connectivity index (χ1v) is 4.90. The molecule has 70 valence electrons. The van der Waals surface area contributed by atoms with E-state index in [2.05, 4.69) is 62.5 Å².